The molecule has 1 unspecified atom stereocenters. The molecule has 1 atom stereocenters. The van der Waals surface area contributed by atoms with Gasteiger partial charge >= 0.3 is 0 Å². The Hall–Kier alpha value is -2.13. The van der Waals surface area contributed by atoms with Crippen molar-refractivity contribution in [1.29, 1.82) is 0 Å². The smallest absolute Gasteiger partial charge is 0.228 e. The van der Waals surface area contributed by atoms with E-state index in [1.165, 1.54) is 11.1 Å². The normalized spacial score (nSPS) is 14.5. The first kappa shape index (κ1) is 14.8. The highest BCUT2D eigenvalue weighted by Gasteiger charge is 2.24. The van der Waals surface area contributed by atoms with Gasteiger partial charge in [-0.1, -0.05) is 49.4 Å². The number of hydrogen-bond donors (Lipinski definition) is 2. The minimum absolute atomic E-state index is 0.0566. The van der Waals surface area contributed by atoms with Gasteiger partial charge in [-0.15, -0.1) is 0 Å². The van der Waals surface area contributed by atoms with Gasteiger partial charge in [0, 0.05) is 11.7 Å². The zero-order chi connectivity index (χ0) is 15.5. The van der Waals surface area contributed by atoms with E-state index in [1.54, 1.807) is 0 Å². The number of fused-ring (bicyclic) bond motifs is 1. The van der Waals surface area contributed by atoms with Crippen LogP contribution in [0, 0.1) is 0 Å². The highest BCUT2D eigenvalue weighted by Crippen LogP contribution is 2.33. The molecule has 0 aromatic heterocycles. The Balaban J connectivity index is 1.81. The lowest BCUT2D eigenvalue weighted by molar-refractivity contribution is -0.115. The summed E-state index contributed by atoms with van der Waals surface area (Å²) < 4.78 is 0. The number of anilines is 1. The van der Waals surface area contributed by atoms with Crippen molar-refractivity contribution >= 4 is 11.6 Å². The van der Waals surface area contributed by atoms with E-state index in [0.29, 0.717) is 6.42 Å². The first-order valence-electron chi connectivity index (χ1n) is 7.92. The molecule has 0 bridgehead atoms. The predicted molar refractivity (Wildman–Crippen MR) is 89.8 cm³/mol. The predicted octanol–water partition coefficient (Wildman–Crippen LogP) is 3.38. The van der Waals surface area contributed by atoms with Crippen LogP contribution in [0.25, 0.3) is 0 Å². The molecule has 0 spiro atoms. The Morgan fingerprint density at radius 2 is 1.95 bits per heavy atom. The van der Waals surface area contributed by atoms with Crippen molar-refractivity contribution < 1.29 is 4.79 Å². The van der Waals surface area contributed by atoms with Crippen molar-refractivity contribution in [2.24, 2.45) is 5.73 Å². The first-order chi connectivity index (χ1) is 10.7. The monoisotopic (exact) mass is 294 g/mol. The minimum atomic E-state index is -0.0566. The van der Waals surface area contributed by atoms with Crippen molar-refractivity contribution in [3.05, 3.63) is 64.7 Å². The molecule has 3 rings (SSSR count). The molecule has 0 radical (unpaired) electrons. The van der Waals surface area contributed by atoms with Crippen LogP contribution in [0.4, 0.5) is 5.69 Å². The molecule has 0 aliphatic carbocycles. The van der Waals surface area contributed by atoms with E-state index in [0.717, 1.165) is 36.1 Å². The largest absolute Gasteiger partial charge is 0.325 e. The third-order valence-electron chi connectivity index (χ3n) is 4.32. The maximum atomic E-state index is 11.7. The topological polar surface area (TPSA) is 55.1 Å². The second-order valence-corrected chi connectivity index (χ2v) is 5.93. The lowest BCUT2D eigenvalue weighted by Crippen LogP contribution is -2.14. The lowest BCUT2D eigenvalue weighted by Gasteiger charge is -2.17. The zero-order valence-corrected chi connectivity index (χ0v) is 12.9. The molecular formula is C19H22N2O. The third-order valence-corrected chi connectivity index (χ3v) is 4.32. The molecule has 3 heteroatoms. The van der Waals surface area contributed by atoms with Gasteiger partial charge in [-0.2, -0.15) is 0 Å². The minimum Gasteiger partial charge on any atom is -0.325 e. The fourth-order valence-corrected chi connectivity index (χ4v) is 3.06. The number of carbonyl (C=O) groups excluding carboxylic acids is 1. The second-order valence-electron chi connectivity index (χ2n) is 5.93. The molecule has 3 nitrogen and oxygen atoms in total. The van der Waals surface area contributed by atoms with Crippen LogP contribution < -0.4 is 11.1 Å². The quantitative estimate of drug-likeness (QED) is 0.888. The van der Waals surface area contributed by atoms with Gasteiger partial charge in [0.2, 0.25) is 5.91 Å². The van der Waals surface area contributed by atoms with Gasteiger partial charge in [-0.3, -0.25) is 4.79 Å². The second kappa shape index (κ2) is 6.32. The number of aryl methyl sites for hydroxylation is 2. The van der Waals surface area contributed by atoms with Crippen molar-refractivity contribution in [3.8, 4) is 0 Å². The first-order valence-corrected chi connectivity index (χ1v) is 7.92. The van der Waals surface area contributed by atoms with Crippen LogP contribution in [0.3, 0.4) is 0 Å². The van der Waals surface area contributed by atoms with Crippen molar-refractivity contribution in [2.75, 3.05) is 5.32 Å². The van der Waals surface area contributed by atoms with Gasteiger partial charge in [-0.05, 0) is 41.5 Å². The zero-order valence-electron chi connectivity index (χ0n) is 12.9. The van der Waals surface area contributed by atoms with Crippen molar-refractivity contribution in [2.45, 2.75) is 38.6 Å². The molecule has 0 saturated carbocycles. The molecule has 2 aromatic carbocycles. The van der Waals surface area contributed by atoms with Gasteiger partial charge in [0.1, 0.15) is 0 Å². The van der Waals surface area contributed by atoms with Crippen LogP contribution in [0.2, 0.25) is 0 Å². The van der Waals surface area contributed by atoms with E-state index < -0.39 is 0 Å². The highest BCUT2D eigenvalue weighted by molar-refractivity contribution is 6.00. The number of nitrogens with one attached hydrogen (secondary N) is 1. The van der Waals surface area contributed by atoms with Crippen LogP contribution in [0.15, 0.2) is 42.5 Å². The maximum Gasteiger partial charge on any atom is 0.228 e. The molecule has 0 saturated heterocycles. The molecular weight excluding hydrogens is 272 g/mol. The van der Waals surface area contributed by atoms with Crippen molar-refractivity contribution in [3.63, 3.8) is 0 Å². The Labute approximate surface area is 131 Å². The van der Waals surface area contributed by atoms with E-state index in [9.17, 15) is 4.79 Å². The molecule has 1 aliphatic heterocycles. The fraction of sp³-hybridized carbons (Fsp3) is 0.316. The molecule has 2 aromatic rings. The third kappa shape index (κ3) is 3.04. The Kier molecular flexibility index (Phi) is 4.25. The standard InChI is InChI=1S/C19H22N2O/c1-2-13-10-15-12-18(22)21-19(15)16(11-13)17(20)9-8-14-6-4-3-5-7-14/h3-7,10-11,17H,2,8-9,12,20H2,1H3,(H,21,22). The molecule has 1 amide bonds. The van der Waals surface area contributed by atoms with E-state index in [1.807, 2.05) is 6.07 Å². The molecule has 22 heavy (non-hydrogen) atoms. The van der Waals surface area contributed by atoms with Crippen LogP contribution in [0.1, 0.15) is 41.6 Å². The van der Waals surface area contributed by atoms with Crippen LogP contribution in [0.5, 0.6) is 0 Å². The molecule has 114 valence electrons. The number of rotatable bonds is 5. The fourth-order valence-electron chi connectivity index (χ4n) is 3.06. The van der Waals surface area contributed by atoms with Gasteiger partial charge in [0.15, 0.2) is 0 Å². The number of amides is 1. The van der Waals surface area contributed by atoms with E-state index in [4.69, 9.17) is 5.73 Å². The van der Waals surface area contributed by atoms with Gasteiger partial charge < -0.3 is 11.1 Å². The summed E-state index contributed by atoms with van der Waals surface area (Å²) in [5.41, 5.74) is 12.1. The number of nitrogens with two attached hydrogens (primary N) is 1. The Morgan fingerprint density at radius 1 is 1.18 bits per heavy atom. The average molecular weight is 294 g/mol. The Bertz CT molecular complexity index is 679. The number of carbonyl (C=O) groups is 1. The van der Waals surface area contributed by atoms with Crippen LogP contribution >= 0.6 is 0 Å². The molecule has 1 aliphatic rings. The number of benzene rings is 2. The summed E-state index contributed by atoms with van der Waals surface area (Å²) in [5.74, 6) is 0.0692. The summed E-state index contributed by atoms with van der Waals surface area (Å²) in [6, 6.07) is 14.6. The molecule has 0 fully saturated rings. The SMILES string of the molecule is CCc1cc2c(c(C(N)CCc3ccccc3)c1)NC(=O)C2. The molecule has 3 N–H and O–H groups in total. The summed E-state index contributed by atoms with van der Waals surface area (Å²) in [6.45, 7) is 2.13. The van der Waals surface area contributed by atoms with Gasteiger partial charge in [0.05, 0.1) is 6.42 Å². The number of hydrogen-bond acceptors (Lipinski definition) is 2. The summed E-state index contributed by atoms with van der Waals surface area (Å²) in [6.07, 6.45) is 3.25. The van der Waals surface area contributed by atoms with E-state index >= 15 is 0 Å². The average Bonchev–Trinajstić information content (AvgIpc) is 2.92. The summed E-state index contributed by atoms with van der Waals surface area (Å²) in [4.78, 5) is 11.7. The van der Waals surface area contributed by atoms with E-state index in [-0.39, 0.29) is 11.9 Å². The van der Waals surface area contributed by atoms with Gasteiger partial charge in [-0.25, -0.2) is 0 Å². The van der Waals surface area contributed by atoms with Crippen molar-refractivity contribution in [1.82, 2.24) is 0 Å². The summed E-state index contributed by atoms with van der Waals surface area (Å²) >= 11 is 0. The summed E-state index contributed by atoms with van der Waals surface area (Å²) in [5, 5.41) is 2.98. The maximum absolute atomic E-state index is 11.7. The molecule has 1 heterocycles. The summed E-state index contributed by atoms with van der Waals surface area (Å²) in [7, 11) is 0. The lowest BCUT2D eigenvalue weighted by atomic mass is 9.93. The van der Waals surface area contributed by atoms with Crippen LogP contribution in [-0.4, -0.2) is 5.91 Å². The van der Waals surface area contributed by atoms with Gasteiger partial charge in [0.25, 0.3) is 0 Å². The highest BCUT2D eigenvalue weighted by atomic mass is 16.1. The van der Waals surface area contributed by atoms with Crippen LogP contribution in [-0.2, 0) is 24.1 Å². The van der Waals surface area contributed by atoms with E-state index in [2.05, 4.69) is 48.6 Å². The Morgan fingerprint density at radius 3 is 2.68 bits per heavy atom.